The van der Waals surface area contributed by atoms with Gasteiger partial charge in [-0.1, -0.05) is 26.0 Å². The molecule has 3 rings (SSSR count). The van der Waals surface area contributed by atoms with E-state index in [1.54, 1.807) is 12.1 Å². The molecule has 0 bridgehead atoms. The van der Waals surface area contributed by atoms with Crippen molar-refractivity contribution in [2.45, 2.75) is 40.5 Å². The lowest BCUT2D eigenvalue weighted by Crippen LogP contribution is -2.43. The lowest BCUT2D eigenvalue weighted by molar-refractivity contribution is -0.385. The van der Waals surface area contributed by atoms with Gasteiger partial charge in [-0.3, -0.25) is 10.1 Å². The van der Waals surface area contributed by atoms with Gasteiger partial charge in [0.15, 0.2) is 6.23 Å². The van der Waals surface area contributed by atoms with Crippen LogP contribution in [0.5, 0.6) is 5.75 Å². The van der Waals surface area contributed by atoms with Crippen LogP contribution in [0.15, 0.2) is 41.6 Å². The highest BCUT2D eigenvalue weighted by Gasteiger charge is 2.50. The molecule has 0 N–H and O–H groups in total. The van der Waals surface area contributed by atoms with Crippen molar-refractivity contribution in [2.75, 3.05) is 0 Å². The maximum absolute atomic E-state index is 11.0. The van der Waals surface area contributed by atoms with Gasteiger partial charge in [0.05, 0.1) is 11.5 Å². The van der Waals surface area contributed by atoms with E-state index < -0.39 is 0 Å². The quantitative estimate of drug-likeness (QED) is 0.581. The van der Waals surface area contributed by atoms with Gasteiger partial charge in [0, 0.05) is 28.8 Å². The highest BCUT2D eigenvalue weighted by molar-refractivity contribution is 5.49. The van der Waals surface area contributed by atoms with Crippen LogP contribution in [0, 0.1) is 15.5 Å². The summed E-state index contributed by atoms with van der Waals surface area (Å²) in [6.45, 7) is 9.03. The van der Waals surface area contributed by atoms with E-state index in [4.69, 9.17) is 4.74 Å². The summed E-state index contributed by atoms with van der Waals surface area (Å²) in [5.74, 6) is 0.743. The first-order valence-corrected chi connectivity index (χ1v) is 7.44. The fourth-order valence-corrected chi connectivity index (χ4v) is 3.58. The molecule has 2 aliphatic heterocycles. The number of allylic oxidation sites excluding steroid dienone is 3. The number of hydrogen-bond donors (Lipinski definition) is 0. The standard InChI is InChI=1S/C17H20N2O3/c1-5-13-14(6-2)18-10-11-9-12(19(20)21)7-8-15(11)22-16(18)17(13,3)4/h5-9,16H,10H2,1-4H3/b13-5+,14-6+. The summed E-state index contributed by atoms with van der Waals surface area (Å²) in [6.07, 6.45) is 4.13. The van der Waals surface area contributed by atoms with Crippen LogP contribution in [0.25, 0.3) is 0 Å². The Balaban J connectivity index is 2.07. The molecule has 0 radical (unpaired) electrons. The molecule has 2 aliphatic rings. The van der Waals surface area contributed by atoms with Crippen LogP contribution in [-0.2, 0) is 6.54 Å². The number of nitrogens with zero attached hydrogens (tertiary/aromatic N) is 2. The van der Waals surface area contributed by atoms with Crippen LogP contribution < -0.4 is 4.74 Å². The van der Waals surface area contributed by atoms with Crippen LogP contribution in [-0.4, -0.2) is 16.1 Å². The third-order valence-electron chi connectivity index (χ3n) is 4.58. The molecule has 1 saturated heterocycles. The van der Waals surface area contributed by atoms with E-state index in [0.717, 1.165) is 17.0 Å². The SMILES string of the molecule is C/C=C1\C(=C/C)N2Cc3cc([N+](=O)[O-])ccc3OC2C1(C)C. The molecule has 0 amide bonds. The molecule has 5 heteroatoms. The topological polar surface area (TPSA) is 55.6 Å². The third-order valence-corrected chi connectivity index (χ3v) is 4.58. The second-order valence-corrected chi connectivity index (χ2v) is 6.25. The summed E-state index contributed by atoms with van der Waals surface area (Å²) in [4.78, 5) is 12.8. The van der Waals surface area contributed by atoms with Gasteiger partial charge in [0.2, 0.25) is 0 Å². The number of hydrogen-bond acceptors (Lipinski definition) is 4. The van der Waals surface area contributed by atoms with Crippen molar-refractivity contribution in [3.8, 4) is 5.75 Å². The van der Waals surface area contributed by atoms with Crippen molar-refractivity contribution in [3.63, 3.8) is 0 Å². The molecule has 1 aromatic rings. The smallest absolute Gasteiger partial charge is 0.270 e. The number of nitro groups is 1. The predicted octanol–water partition coefficient (Wildman–Crippen LogP) is 4.01. The Morgan fingerprint density at radius 3 is 2.68 bits per heavy atom. The monoisotopic (exact) mass is 300 g/mol. The lowest BCUT2D eigenvalue weighted by atomic mass is 9.84. The van der Waals surface area contributed by atoms with Gasteiger partial charge in [-0.15, -0.1) is 0 Å². The van der Waals surface area contributed by atoms with Crippen LogP contribution in [0.3, 0.4) is 0 Å². The van der Waals surface area contributed by atoms with Gasteiger partial charge in [0.1, 0.15) is 5.75 Å². The maximum Gasteiger partial charge on any atom is 0.270 e. The second kappa shape index (κ2) is 4.87. The Morgan fingerprint density at radius 2 is 2.09 bits per heavy atom. The van der Waals surface area contributed by atoms with Crippen molar-refractivity contribution in [2.24, 2.45) is 5.41 Å². The Hall–Kier alpha value is -2.30. The van der Waals surface area contributed by atoms with E-state index in [0.29, 0.717) is 6.54 Å². The number of ether oxygens (including phenoxy) is 1. The van der Waals surface area contributed by atoms with E-state index in [1.807, 2.05) is 13.8 Å². The highest BCUT2D eigenvalue weighted by Crippen LogP contribution is 2.51. The average molecular weight is 300 g/mol. The first-order chi connectivity index (χ1) is 10.4. The number of nitro benzene ring substituents is 1. The fraction of sp³-hybridized carbons (Fsp3) is 0.412. The summed E-state index contributed by atoms with van der Waals surface area (Å²) < 4.78 is 6.19. The first-order valence-electron chi connectivity index (χ1n) is 7.44. The van der Waals surface area contributed by atoms with Crippen molar-refractivity contribution >= 4 is 5.69 Å². The maximum atomic E-state index is 11.0. The molecule has 1 unspecified atom stereocenters. The normalized spacial score (nSPS) is 25.8. The summed E-state index contributed by atoms with van der Waals surface area (Å²) in [5.41, 5.74) is 3.23. The zero-order valence-electron chi connectivity index (χ0n) is 13.3. The minimum Gasteiger partial charge on any atom is -0.469 e. The Labute approximate surface area is 130 Å². The molecular weight excluding hydrogens is 280 g/mol. The summed E-state index contributed by atoms with van der Waals surface area (Å²) in [6, 6.07) is 4.83. The largest absolute Gasteiger partial charge is 0.469 e. The van der Waals surface area contributed by atoms with Gasteiger partial charge in [0.25, 0.3) is 5.69 Å². The van der Waals surface area contributed by atoms with E-state index >= 15 is 0 Å². The van der Waals surface area contributed by atoms with Crippen molar-refractivity contribution < 1.29 is 9.66 Å². The van der Waals surface area contributed by atoms with Gasteiger partial charge in [-0.05, 0) is 25.5 Å². The van der Waals surface area contributed by atoms with E-state index in [2.05, 4.69) is 30.9 Å². The van der Waals surface area contributed by atoms with Crippen LogP contribution in [0.1, 0.15) is 33.3 Å². The Bertz CT molecular complexity index is 704. The van der Waals surface area contributed by atoms with E-state index in [-0.39, 0.29) is 22.3 Å². The lowest BCUT2D eigenvalue weighted by Gasteiger charge is -2.38. The number of rotatable bonds is 1. The first kappa shape index (κ1) is 14.6. The summed E-state index contributed by atoms with van der Waals surface area (Å²) in [7, 11) is 0. The summed E-state index contributed by atoms with van der Waals surface area (Å²) in [5, 5.41) is 11.0. The molecule has 0 spiro atoms. The molecule has 1 atom stereocenters. The molecule has 2 heterocycles. The zero-order chi connectivity index (χ0) is 16.1. The molecule has 0 aromatic heterocycles. The highest BCUT2D eigenvalue weighted by atomic mass is 16.6. The van der Waals surface area contributed by atoms with Crippen LogP contribution in [0.2, 0.25) is 0 Å². The number of benzene rings is 1. The molecule has 0 aliphatic carbocycles. The molecule has 5 nitrogen and oxygen atoms in total. The van der Waals surface area contributed by atoms with Gasteiger partial charge in [-0.25, -0.2) is 0 Å². The Kier molecular flexibility index (Phi) is 3.24. The minimum atomic E-state index is -0.367. The number of fused-ring (bicyclic) bond motifs is 2. The van der Waals surface area contributed by atoms with Crippen LogP contribution >= 0.6 is 0 Å². The molecule has 116 valence electrons. The predicted molar refractivity (Wildman–Crippen MR) is 84.4 cm³/mol. The minimum absolute atomic E-state index is 0.0844. The molecule has 1 fully saturated rings. The third kappa shape index (κ3) is 1.92. The van der Waals surface area contributed by atoms with Crippen molar-refractivity contribution in [1.29, 1.82) is 0 Å². The zero-order valence-corrected chi connectivity index (χ0v) is 13.3. The number of non-ortho nitro benzene ring substituents is 1. The molecule has 1 aromatic carbocycles. The molecule has 22 heavy (non-hydrogen) atoms. The molecular formula is C17H20N2O3. The van der Waals surface area contributed by atoms with E-state index in [1.165, 1.54) is 11.6 Å². The molecule has 0 saturated carbocycles. The van der Waals surface area contributed by atoms with Gasteiger partial charge in [-0.2, -0.15) is 0 Å². The van der Waals surface area contributed by atoms with Crippen molar-refractivity contribution in [1.82, 2.24) is 4.90 Å². The Morgan fingerprint density at radius 1 is 1.36 bits per heavy atom. The van der Waals surface area contributed by atoms with Crippen molar-refractivity contribution in [3.05, 3.63) is 57.3 Å². The summed E-state index contributed by atoms with van der Waals surface area (Å²) >= 11 is 0. The van der Waals surface area contributed by atoms with Crippen LogP contribution in [0.4, 0.5) is 5.69 Å². The average Bonchev–Trinajstić information content (AvgIpc) is 2.70. The van der Waals surface area contributed by atoms with E-state index in [9.17, 15) is 10.1 Å². The fourth-order valence-electron chi connectivity index (χ4n) is 3.58. The van der Waals surface area contributed by atoms with Gasteiger partial charge < -0.3 is 9.64 Å². The van der Waals surface area contributed by atoms with Gasteiger partial charge >= 0.3 is 0 Å². The second-order valence-electron chi connectivity index (χ2n) is 6.25.